The number of phenols is 1. The molecule has 1 aliphatic heterocycles. The minimum Gasteiger partial charge on any atom is -0.508 e. The molecule has 0 saturated heterocycles. The van der Waals surface area contributed by atoms with Crippen LogP contribution in [0.25, 0.3) is 0 Å². The van der Waals surface area contributed by atoms with E-state index in [2.05, 4.69) is 15.5 Å². The van der Waals surface area contributed by atoms with Crippen molar-refractivity contribution in [3.05, 3.63) is 42.0 Å². The summed E-state index contributed by atoms with van der Waals surface area (Å²) in [6, 6.07) is 5.96. The molecule has 3 rings (SSSR count). The highest BCUT2D eigenvalue weighted by atomic mass is 16.3. The Balaban J connectivity index is 1.74. The van der Waals surface area contributed by atoms with Crippen LogP contribution in [0.1, 0.15) is 18.3 Å². The minimum atomic E-state index is -0.651. The Labute approximate surface area is 139 Å². The first kappa shape index (κ1) is 16.0. The Hall–Kier alpha value is -2.90. The van der Waals surface area contributed by atoms with E-state index in [1.54, 1.807) is 35.5 Å². The fourth-order valence-corrected chi connectivity index (χ4v) is 2.79. The summed E-state index contributed by atoms with van der Waals surface area (Å²) in [6.07, 6.45) is 2.01. The maximum Gasteiger partial charge on any atom is 0.245 e. The summed E-state index contributed by atoms with van der Waals surface area (Å²) in [6.45, 7) is 2.96. The van der Waals surface area contributed by atoms with Crippen molar-refractivity contribution in [1.29, 1.82) is 0 Å². The monoisotopic (exact) mass is 329 g/mol. The zero-order valence-corrected chi connectivity index (χ0v) is 13.3. The fourth-order valence-electron chi connectivity index (χ4n) is 2.79. The molecule has 0 spiro atoms. The van der Waals surface area contributed by atoms with Crippen LogP contribution in [-0.2, 0) is 29.1 Å². The summed E-state index contributed by atoms with van der Waals surface area (Å²) < 4.78 is 1.91. The molecule has 0 unspecified atom stereocenters. The van der Waals surface area contributed by atoms with Crippen molar-refractivity contribution in [2.45, 2.75) is 32.5 Å². The highest BCUT2D eigenvalue weighted by Crippen LogP contribution is 2.15. The Kier molecular flexibility index (Phi) is 4.45. The van der Waals surface area contributed by atoms with Crippen LogP contribution in [0, 0.1) is 0 Å². The predicted octanol–water partition coefficient (Wildman–Crippen LogP) is 0.0733. The maximum absolute atomic E-state index is 12.8. The second-order valence-corrected chi connectivity index (χ2v) is 5.82. The van der Waals surface area contributed by atoms with Gasteiger partial charge < -0.3 is 19.9 Å². The third-order valence-electron chi connectivity index (χ3n) is 4.00. The van der Waals surface area contributed by atoms with Crippen LogP contribution in [0.3, 0.4) is 0 Å². The molecule has 0 radical (unpaired) electrons. The summed E-state index contributed by atoms with van der Waals surface area (Å²) in [5.74, 6) is 0.497. The van der Waals surface area contributed by atoms with Gasteiger partial charge in [0, 0.05) is 26.4 Å². The van der Waals surface area contributed by atoms with Gasteiger partial charge in [-0.2, -0.15) is 0 Å². The first-order chi connectivity index (χ1) is 11.5. The number of benzene rings is 1. The molecule has 2 heterocycles. The van der Waals surface area contributed by atoms with Crippen LogP contribution in [-0.4, -0.2) is 49.2 Å². The largest absolute Gasteiger partial charge is 0.508 e. The molecule has 8 nitrogen and oxygen atoms in total. The molecular formula is C16H19N5O3. The van der Waals surface area contributed by atoms with E-state index in [-0.39, 0.29) is 17.6 Å². The molecule has 24 heavy (non-hydrogen) atoms. The van der Waals surface area contributed by atoms with E-state index in [0.717, 1.165) is 11.4 Å². The van der Waals surface area contributed by atoms with E-state index >= 15 is 0 Å². The van der Waals surface area contributed by atoms with Crippen molar-refractivity contribution in [1.82, 2.24) is 25.0 Å². The van der Waals surface area contributed by atoms with Crippen LogP contribution < -0.4 is 5.32 Å². The smallest absolute Gasteiger partial charge is 0.245 e. The van der Waals surface area contributed by atoms with Gasteiger partial charge in [-0.15, -0.1) is 10.2 Å². The minimum absolute atomic E-state index is 0.146. The van der Waals surface area contributed by atoms with Crippen molar-refractivity contribution in [3.63, 3.8) is 0 Å². The van der Waals surface area contributed by atoms with Crippen molar-refractivity contribution < 1.29 is 14.7 Å². The lowest BCUT2D eigenvalue weighted by atomic mass is 10.0. The molecule has 0 saturated carbocycles. The zero-order chi connectivity index (χ0) is 17.1. The number of hydrogen-bond donors (Lipinski definition) is 2. The number of carbonyl (C=O) groups is 2. The number of aromatic nitrogens is 3. The summed E-state index contributed by atoms with van der Waals surface area (Å²) >= 11 is 0. The predicted molar refractivity (Wildman–Crippen MR) is 84.9 cm³/mol. The summed E-state index contributed by atoms with van der Waals surface area (Å²) in [7, 11) is 0. The average molecular weight is 329 g/mol. The van der Waals surface area contributed by atoms with E-state index in [9.17, 15) is 14.7 Å². The average Bonchev–Trinajstić information content (AvgIpc) is 3.02. The van der Waals surface area contributed by atoms with Gasteiger partial charge in [-0.05, 0) is 17.7 Å². The number of aromatic hydroxyl groups is 1. The van der Waals surface area contributed by atoms with Gasteiger partial charge in [-0.25, -0.2) is 0 Å². The molecule has 0 fully saturated rings. The molecule has 1 aliphatic rings. The van der Waals surface area contributed by atoms with Gasteiger partial charge in [-0.1, -0.05) is 12.1 Å². The van der Waals surface area contributed by atoms with Crippen LogP contribution in [0.5, 0.6) is 5.75 Å². The van der Waals surface area contributed by atoms with Crippen LogP contribution in [0.4, 0.5) is 0 Å². The standard InChI is InChI=1S/C16H19N5O3/c1-11(22)18-14(8-12-2-4-13(23)5-3-12)16(24)20-6-7-21-10-17-19-15(21)9-20/h2-5,10,14,23H,6-9H2,1H3,(H,18,22)/t14-/m0/s1. The maximum atomic E-state index is 12.8. The third-order valence-corrected chi connectivity index (χ3v) is 4.00. The van der Waals surface area contributed by atoms with Gasteiger partial charge in [0.2, 0.25) is 11.8 Å². The van der Waals surface area contributed by atoms with Crippen molar-refractivity contribution >= 4 is 11.8 Å². The van der Waals surface area contributed by atoms with Crippen LogP contribution in [0.15, 0.2) is 30.6 Å². The first-order valence-electron chi connectivity index (χ1n) is 7.73. The van der Waals surface area contributed by atoms with Gasteiger partial charge in [0.25, 0.3) is 0 Å². The summed E-state index contributed by atoms with van der Waals surface area (Å²) in [5.41, 5.74) is 0.861. The molecule has 1 atom stereocenters. The topological polar surface area (TPSA) is 100 Å². The normalized spacial score (nSPS) is 14.8. The lowest BCUT2D eigenvalue weighted by molar-refractivity contribution is -0.137. The van der Waals surface area contributed by atoms with E-state index in [1.807, 2.05) is 4.57 Å². The SMILES string of the molecule is CC(=O)N[C@@H](Cc1ccc(O)cc1)C(=O)N1CCn2cnnc2C1. The van der Waals surface area contributed by atoms with Crippen molar-refractivity contribution in [3.8, 4) is 5.75 Å². The molecule has 0 bridgehead atoms. The van der Waals surface area contributed by atoms with Gasteiger partial charge in [-0.3, -0.25) is 9.59 Å². The fraction of sp³-hybridized carbons (Fsp3) is 0.375. The first-order valence-corrected chi connectivity index (χ1v) is 7.73. The molecule has 8 heteroatoms. The lowest BCUT2D eigenvalue weighted by Gasteiger charge is -2.30. The second kappa shape index (κ2) is 6.69. The van der Waals surface area contributed by atoms with Crippen LogP contribution >= 0.6 is 0 Å². The second-order valence-electron chi connectivity index (χ2n) is 5.82. The zero-order valence-electron chi connectivity index (χ0n) is 13.3. The Morgan fingerprint density at radius 2 is 2.04 bits per heavy atom. The van der Waals surface area contributed by atoms with E-state index < -0.39 is 6.04 Å². The van der Waals surface area contributed by atoms with Gasteiger partial charge >= 0.3 is 0 Å². The summed E-state index contributed by atoms with van der Waals surface area (Å²) in [4.78, 5) is 26.0. The molecule has 2 N–H and O–H groups in total. The number of amides is 2. The lowest BCUT2D eigenvalue weighted by Crippen LogP contribution is -2.51. The van der Waals surface area contributed by atoms with Crippen molar-refractivity contribution in [2.24, 2.45) is 0 Å². The van der Waals surface area contributed by atoms with E-state index in [1.165, 1.54) is 6.92 Å². The number of rotatable bonds is 4. The van der Waals surface area contributed by atoms with E-state index in [0.29, 0.717) is 26.1 Å². The quantitative estimate of drug-likeness (QED) is 0.827. The Morgan fingerprint density at radius 1 is 1.29 bits per heavy atom. The number of nitrogens with zero attached hydrogens (tertiary/aromatic N) is 4. The molecular weight excluding hydrogens is 310 g/mol. The molecule has 1 aromatic heterocycles. The molecule has 2 aromatic rings. The van der Waals surface area contributed by atoms with E-state index in [4.69, 9.17) is 0 Å². The number of nitrogens with one attached hydrogen (secondary N) is 1. The molecule has 1 aromatic carbocycles. The number of hydrogen-bond acceptors (Lipinski definition) is 5. The number of fused-ring (bicyclic) bond motifs is 1. The Morgan fingerprint density at radius 3 is 2.75 bits per heavy atom. The number of phenolic OH excluding ortho intramolecular Hbond substituents is 1. The number of carbonyl (C=O) groups excluding carboxylic acids is 2. The highest BCUT2D eigenvalue weighted by molar-refractivity contribution is 5.87. The van der Waals surface area contributed by atoms with Crippen molar-refractivity contribution in [2.75, 3.05) is 6.54 Å². The van der Waals surface area contributed by atoms with Crippen LogP contribution in [0.2, 0.25) is 0 Å². The van der Waals surface area contributed by atoms with Gasteiger partial charge in [0.1, 0.15) is 18.1 Å². The summed E-state index contributed by atoms with van der Waals surface area (Å²) in [5, 5.41) is 19.9. The highest BCUT2D eigenvalue weighted by Gasteiger charge is 2.28. The van der Waals surface area contributed by atoms with Gasteiger partial charge in [0.05, 0.1) is 6.54 Å². The molecule has 2 amide bonds. The Bertz CT molecular complexity index is 740. The molecule has 0 aliphatic carbocycles. The third kappa shape index (κ3) is 3.53. The van der Waals surface area contributed by atoms with Gasteiger partial charge in [0.15, 0.2) is 5.82 Å². The molecule has 126 valence electrons.